The molecule has 1 fully saturated rings. The second kappa shape index (κ2) is 7.97. The molecule has 0 nitrogen and oxygen atoms in total. The van der Waals surface area contributed by atoms with E-state index >= 15 is 0 Å². The highest BCUT2D eigenvalue weighted by Crippen LogP contribution is 2.44. The largest absolute Gasteiger partial charge is 0.207 e. The standard InChI is InChI=1S/C18H25BrClF/c1-2-3-4-14-7-9-18(13-19,10-8-14)12-15-11-16(20)5-6-17(15)21/h5-6,11,14H,2-4,7-10,12-13H2,1H3. The van der Waals surface area contributed by atoms with E-state index in [0.717, 1.165) is 23.2 Å². The Balaban J connectivity index is 2.01. The SMILES string of the molecule is CCCCC1CCC(CBr)(Cc2cc(Cl)ccc2F)CC1. The van der Waals surface area contributed by atoms with Crippen LogP contribution in [0.5, 0.6) is 0 Å². The summed E-state index contributed by atoms with van der Waals surface area (Å²) in [7, 11) is 0. The van der Waals surface area contributed by atoms with E-state index in [1.165, 1.54) is 51.0 Å². The molecule has 0 amide bonds. The number of benzene rings is 1. The van der Waals surface area contributed by atoms with Crippen LogP contribution in [0.3, 0.4) is 0 Å². The molecule has 0 bridgehead atoms. The van der Waals surface area contributed by atoms with E-state index in [-0.39, 0.29) is 11.2 Å². The lowest BCUT2D eigenvalue weighted by molar-refractivity contribution is 0.167. The molecule has 0 aliphatic heterocycles. The Morgan fingerprint density at radius 1 is 1.33 bits per heavy atom. The van der Waals surface area contributed by atoms with Gasteiger partial charge in [0.2, 0.25) is 0 Å². The predicted octanol–water partition coefficient (Wildman–Crippen LogP) is 6.78. The molecule has 0 N–H and O–H groups in total. The van der Waals surface area contributed by atoms with E-state index < -0.39 is 0 Å². The Morgan fingerprint density at radius 2 is 2.05 bits per heavy atom. The van der Waals surface area contributed by atoms with Crippen molar-refractivity contribution in [2.75, 3.05) is 5.33 Å². The average molecular weight is 376 g/mol. The van der Waals surface area contributed by atoms with E-state index in [2.05, 4.69) is 22.9 Å². The summed E-state index contributed by atoms with van der Waals surface area (Å²) in [6.45, 7) is 2.26. The molecule has 1 aliphatic carbocycles. The van der Waals surface area contributed by atoms with E-state index in [9.17, 15) is 4.39 Å². The first-order valence-corrected chi connectivity index (χ1v) is 9.58. The van der Waals surface area contributed by atoms with Gasteiger partial charge in [0.15, 0.2) is 0 Å². The first-order valence-electron chi connectivity index (χ1n) is 8.08. The quantitative estimate of drug-likeness (QED) is 0.480. The number of hydrogen-bond acceptors (Lipinski definition) is 0. The van der Waals surface area contributed by atoms with Crippen LogP contribution in [0.4, 0.5) is 4.39 Å². The number of alkyl halides is 1. The predicted molar refractivity (Wildman–Crippen MR) is 92.8 cm³/mol. The molecule has 118 valence electrons. The molecule has 1 saturated carbocycles. The Morgan fingerprint density at radius 3 is 2.67 bits per heavy atom. The molecule has 21 heavy (non-hydrogen) atoms. The minimum absolute atomic E-state index is 0.118. The molecule has 0 saturated heterocycles. The Bertz CT molecular complexity index is 453. The van der Waals surface area contributed by atoms with Gasteiger partial charge in [-0.05, 0) is 67.2 Å². The zero-order valence-electron chi connectivity index (χ0n) is 12.8. The summed E-state index contributed by atoms with van der Waals surface area (Å²) in [6.07, 6.45) is 9.74. The molecule has 1 aromatic carbocycles. The zero-order valence-corrected chi connectivity index (χ0v) is 15.1. The lowest BCUT2D eigenvalue weighted by atomic mass is 9.68. The lowest BCUT2D eigenvalue weighted by Crippen LogP contribution is -2.31. The van der Waals surface area contributed by atoms with Crippen molar-refractivity contribution in [3.63, 3.8) is 0 Å². The van der Waals surface area contributed by atoms with Gasteiger partial charge in [0.1, 0.15) is 5.82 Å². The second-order valence-electron chi connectivity index (χ2n) is 6.63. The zero-order chi connectivity index (χ0) is 15.3. The molecule has 0 aromatic heterocycles. The summed E-state index contributed by atoms with van der Waals surface area (Å²) in [5.74, 6) is 0.758. The molecule has 1 aliphatic rings. The van der Waals surface area contributed by atoms with Crippen molar-refractivity contribution in [3.05, 3.63) is 34.6 Å². The van der Waals surface area contributed by atoms with Crippen LogP contribution in [0.2, 0.25) is 5.02 Å². The summed E-state index contributed by atoms with van der Waals surface area (Å²) < 4.78 is 14.0. The van der Waals surface area contributed by atoms with E-state index in [4.69, 9.17) is 11.6 Å². The van der Waals surface area contributed by atoms with Gasteiger partial charge >= 0.3 is 0 Å². The number of hydrogen-bond donors (Lipinski definition) is 0. The van der Waals surface area contributed by atoms with Crippen LogP contribution in [-0.4, -0.2) is 5.33 Å². The Kier molecular flexibility index (Phi) is 6.55. The Hall–Kier alpha value is -0.0800. The smallest absolute Gasteiger partial charge is 0.126 e. The van der Waals surface area contributed by atoms with Gasteiger partial charge in [0.05, 0.1) is 0 Å². The van der Waals surface area contributed by atoms with Gasteiger partial charge in [-0.3, -0.25) is 0 Å². The summed E-state index contributed by atoms with van der Waals surface area (Å²) >= 11 is 9.71. The van der Waals surface area contributed by atoms with Crippen molar-refractivity contribution in [1.82, 2.24) is 0 Å². The van der Waals surface area contributed by atoms with Crippen LogP contribution < -0.4 is 0 Å². The first kappa shape index (κ1) is 17.3. The van der Waals surface area contributed by atoms with Crippen molar-refractivity contribution < 1.29 is 4.39 Å². The summed E-state index contributed by atoms with van der Waals surface area (Å²) in [5, 5.41) is 1.58. The molecule has 0 radical (unpaired) electrons. The third-order valence-electron chi connectivity index (χ3n) is 4.99. The average Bonchev–Trinajstić information content (AvgIpc) is 2.50. The van der Waals surface area contributed by atoms with E-state index in [1.807, 2.05) is 0 Å². The van der Waals surface area contributed by atoms with Crippen LogP contribution in [0.25, 0.3) is 0 Å². The number of rotatable bonds is 6. The fraction of sp³-hybridized carbons (Fsp3) is 0.667. The van der Waals surface area contributed by atoms with Crippen LogP contribution in [0.1, 0.15) is 57.4 Å². The molecule has 0 unspecified atom stereocenters. The molecular weight excluding hydrogens is 351 g/mol. The number of unbranched alkanes of at least 4 members (excludes halogenated alkanes) is 1. The van der Waals surface area contributed by atoms with Crippen molar-refractivity contribution in [3.8, 4) is 0 Å². The molecular formula is C18H25BrClF. The summed E-state index contributed by atoms with van der Waals surface area (Å²) in [6, 6.07) is 4.92. The molecule has 0 atom stereocenters. The highest BCUT2D eigenvalue weighted by molar-refractivity contribution is 9.09. The monoisotopic (exact) mass is 374 g/mol. The number of halogens is 3. The fourth-order valence-corrected chi connectivity index (χ4v) is 4.47. The molecule has 0 spiro atoms. The minimum Gasteiger partial charge on any atom is -0.207 e. The highest BCUT2D eigenvalue weighted by Gasteiger charge is 2.35. The minimum atomic E-state index is -0.118. The van der Waals surface area contributed by atoms with Crippen molar-refractivity contribution in [2.24, 2.45) is 11.3 Å². The van der Waals surface area contributed by atoms with Crippen LogP contribution in [-0.2, 0) is 6.42 Å². The van der Waals surface area contributed by atoms with Crippen LogP contribution >= 0.6 is 27.5 Å². The van der Waals surface area contributed by atoms with Gasteiger partial charge in [0.25, 0.3) is 0 Å². The fourth-order valence-electron chi connectivity index (χ4n) is 3.51. The molecule has 3 heteroatoms. The Labute approximate surface area is 141 Å². The molecule has 1 aromatic rings. The summed E-state index contributed by atoms with van der Waals surface area (Å²) in [5.41, 5.74) is 0.975. The highest BCUT2D eigenvalue weighted by atomic mass is 79.9. The van der Waals surface area contributed by atoms with Gasteiger partial charge in [0, 0.05) is 10.4 Å². The molecule has 2 rings (SSSR count). The van der Waals surface area contributed by atoms with Gasteiger partial charge in [-0.15, -0.1) is 0 Å². The molecule has 0 heterocycles. The van der Waals surface area contributed by atoms with Crippen LogP contribution in [0.15, 0.2) is 18.2 Å². The van der Waals surface area contributed by atoms with E-state index in [0.29, 0.717) is 5.02 Å². The third-order valence-corrected chi connectivity index (χ3v) is 6.41. The van der Waals surface area contributed by atoms with Gasteiger partial charge in [-0.2, -0.15) is 0 Å². The van der Waals surface area contributed by atoms with Gasteiger partial charge < -0.3 is 0 Å². The first-order chi connectivity index (χ1) is 10.1. The van der Waals surface area contributed by atoms with Gasteiger partial charge in [-0.25, -0.2) is 4.39 Å². The third kappa shape index (κ3) is 4.69. The normalized spacial score (nSPS) is 26.0. The maximum Gasteiger partial charge on any atom is 0.126 e. The lowest BCUT2D eigenvalue weighted by Gasteiger charge is -2.39. The maximum absolute atomic E-state index is 14.0. The van der Waals surface area contributed by atoms with Crippen molar-refractivity contribution in [2.45, 2.75) is 58.3 Å². The summed E-state index contributed by atoms with van der Waals surface area (Å²) in [4.78, 5) is 0. The van der Waals surface area contributed by atoms with E-state index in [1.54, 1.807) is 12.1 Å². The second-order valence-corrected chi connectivity index (χ2v) is 7.63. The van der Waals surface area contributed by atoms with Gasteiger partial charge in [-0.1, -0.05) is 53.7 Å². The van der Waals surface area contributed by atoms with Crippen molar-refractivity contribution >= 4 is 27.5 Å². The topological polar surface area (TPSA) is 0 Å². The van der Waals surface area contributed by atoms with Crippen LogP contribution in [0, 0.1) is 17.2 Å². The maximum atomic E-state index is 14.0. The van der Waals surface area contributed by atoms with Crippen molar-refractivity contribution in [1.29, 1.82) is 0 Å².